The monoisotopic (exact) mass is 362 g/mol. The number of nitrogens with zero attached hydrogens (tertiary/aromatic N) is 4. The highest BCUT2D eigenvalue weighted by atomic mass is 35.5. The Morgan fingerprint density at radius 3 is 2.96 bits per heavy atom. The number of aliphatic carboxylic acids is 1. The van der Waals surface area contributed by atoms with E-state index in [0.29, 0.717) is 30.3 Å². The van der Waals surface area contributed by atoms with Gasteiger partial charge in [0.25, 0.3) is 0 Å². The van der Waals surface area contributed by atoms with Crippen molar-refractivity contribution in [2.75, 3.05) is 7.11 Å². The molecular formula is C17H19ClN4O3. The van der Waals surface area contributed by atoms with E-state index < -0.39 is 5.97 Å². The predicted molar refractivity (Wildman–Crippen MR) is 93.4 cm³/mol. The number of carboxylic acids is 1. The van der Waals surface area contributed by atoms with Gasteiger partial charge in [-0.1, -0.05) is 18.7 Å². The van der Waals surface area contributed by atoms with E-state index in [1.807, 2.05) is 16.7 Å². The van der Waals surface area contributed by atoms with Gasteiger partial charge >= 0.3 is 5.97 Å². The third kappa shape index (κ3) is 3.01. The first-order valence-electron chi connectivity index (χ1n) is 7.80. The van der Waals surface area contributed by atoms with Crippen molar-refractivity contribution >= 4 is 23.1 Å². The highest BCUT2D eigenvalue weighted by molar-refractivity contribution is 6.22. The molecule has 0 bridgehead atoms. The lowest BCUT2D eigenvalue weighted by Gasteiger charge is -2.27. The van der Waals surface area contributed by atoms with E-state index >= 15 is 0 Å². The SMILES string of the molecule is C=CN1C2=CCC(Cl)C=C2c2nnc(COC)n2C/C1=C(/C)C(=O)O. The maximum absolute atomic E-state index is 11.6. The van der Waals surface area contributed by atoms with Crippen molar-refractivity contribution in [2.45, 2.75) is 31.9 Å². The van der Waals surface area contributed by atoms with Gasteiger partial charge in [-0.2, -0.15) is 0 Å². The van der Waals surface area contributed by atoms with E-state index in [1.165, 1.54) is 0 Å². The van der Waals surface area contributed by atoms with Crippen LogP contribution in [0.15, 0.2) is 41.9 Å². The number of hydrogen-bond donors (Lipinski definition) is 1. The lowest BCUT2D eigenvalue weighted by Crippen LogP contribution is -2.22. The maximum Gasteiger partial charge on any atom is 0.333 e. The molecule has 132 valence electrons. The molecule has 0 saturated carbocycles. The van der Waals surface area contributed by atoms with Crippen LogP contribution in [0.25, 0.3) is 5.57 Å². The fourth-order valence-electron chi connectivity index (χ4n) is 3.02. The Morgan fingerprint density at radius 2 is 2.32 bits per heavy atom. The van der Waals surface area contributed by atoms with Crippen LogP contribution in [-0.2, 0) is 22.7 Å². The number of carboxylic acid groups (broad SMARTS) is 1. The van der Waals surface area contributed by atoms with Gasteiger partial charge in [-0.3, -0.25) is 0 Å². The van der Waals surface area contributed by atoms with Crippen molar-refractivity contribution in [1.29, 1.82) is 0 Å². The Balaban J connectivity index is 2.27. The largest absolute Gasteiger partial charge is 0.478 e. The van der Waals surface area contributed by atoms with Crippen molar-refractivity contribution in [2.24, 2.45) is 0 Å². The molecule has 1 aromatic heterocycles. The third-order valence-electron chi connectivity index (χ3n) is 4.30. The van der Waals surface area contributed by atoms with Crippen LogP contribution in [0.5, 0.6) is 0 Å². The summed E-state index contributed by atoms with van der Waals surface area (Å²) in [4.78, 5) is 13.4. The van der Waals surface area contributed by atoms with E-state index in [1.54, 1.807) is 25.1 Å². The number of fused-ring (bicyclic) bond motifs is 3. The molecule has 3 rings (SSSR count). The smallest absolute Gasteiger partial charge is 0.333 e. The molecule has 1 atom stereocenters. The van der Waals surface area contributed by atoms with Crippen LogP contribution in [0.2, 0.25) is 0 Å². The van der Waals surface area contributed by atoms with E-state index in [2.05, 4.69) is 16.8 Å². The number of ether oxygens (including phenoxy) is 1. The first-order valence-corrected chi connectivity index (χ1v) is 8.24. The molecule has 7 nitrogen and oxygen atoms in total. The van der Waals surface area contributed by atoms with Crippen molar-refractivity contribution in [3.05, 3.63) is 53.5 Å². The average molecular weight is 363 g/mol. The Morgan fingerprint density at radius 1 is 1.56 bits per heavy atom. The molecule has 2 heterocycles. The van der Waals surface area contributed by atoms with Crippen LogP contribution >= 0.6 is 11.6 Å². The minimum Gasteiger partial charge on any atom is -0.478 e. The molecule has 1 unspecified atom stereocenters. The summed E-state index contributed by atoms with van der Waals surface area (Å²) in [5.74, 6) is 0.281. The summed E-state index contributed by atoms with van der Waals surface area (Å²) in [5, 5.41) is 17.8. The predicted octanol–water partition coefficient (Wildman–Crippen LogP) is 2.52. The Bertz CT molecular complexity index is 822. The summed E-state index contributed by atoms with van der Waals surface area (Å²) < 4.78 is 7.06. The van der Waals surface area contributed by atoms with E-state index in [4.69, 9.17) is 16.3 Å². The highest BCUT2D eigenvalue weighted by Gasteiger charge is 2.32. The summed E-state index contributed by atoms with van der Waals surface area (Å²) in [5.41, 5.74) is 2.47. The van der Waals surface area contributed by atoms with Crippen LogP contribution in [0.1, 0.15) is 25.0 Å². The number of halogens is 1. The lowest BCUT2D eigenvalue weighted by atomic mass is 10.0. The number of methoxy groups -OCH3 is 1. The van der Waals surface area contributed by atoms with Gasteiger partial charge in [0.15, 0.2) is 11.6 Å². The van der Waals surface area contributed by atoms with Crippen molar-refractivity contribution in [1.82, 2.24) is 19.7 Å². The highest BCUT2D eigenvalue weighted by Crippen LogP contribution is 2.38. The zero-order valence-electron chi connectivity index (χ0n) is 14.1. The van der Waals surface area contributed by atoms with Crippen LogP contribution in [-0.4, -0.2) is 43.2 Å². The number of alkyl halides is 1. The number of rotatable bonds is 4. The second-order valence-electron chi connectivity index (χ2n) is 5.81. The minimum atomic E-state index is -0.983. The van der Waals surface area contributed by atoms with Gasteiger partial charge in [-0.15, -0.1) is 21.8 Å². The van der Waals surface area contributed by atoms with Crippen LogP contribution in [0.4, 0.5) is 0 Å². The Kier molecular flexibility index (Phi) is 4.78. The van der Waals surface area contributed by atoms with E-state index in [9.17, 15) is 9.90 Å². The number of carbonyl (C=O) groups is 1. The fraction of sp³-hybridized carbons (Fsp3) is 0.353. The molecule has 0 radical (unpaired) electrons. The summed E-state index contributed by atoms with van der Waals surface area (Å²) in [7, 11) is 1.58. The standard InChI is InChI=1S/C17H19ClN4O3/c1-4-21-13-6-5-11(18)7-12(13)16-20-19-15(9-25-3)22(16)8-14(21)10(2)17(23)24/h4,6-7,11H,1,5,8-9H2,2-3H3,(H,23,24)/b14-10+. The summed E-state index contributed by atoms with van der Waals surface area (Å²) in [6, 6.07) is 0. The van der Waals surface area contributed by atoms with Crippen molar-refractivity contribution in [3.63, 3.8) is 0 Å². The molecule has 1 aliphatic carbocycles. The second-order valence-corrected chi connectivity index (χ2v) is 6.37. The zero-order valence-corrected chi connectivity index (χ0v) is 14.8. The van der Waals surface area contributed by atoms with Gasteiger partial charge in [0, 0.05) is 18.9 Å². The molecule has 25 heavy (non-hydrogen) atoms. The van der Waals surface area contributed by atoms with Crippen molar-refractivity contribution in [3.8, 4) is 0 Å². The van der Waals surface area contributed by atoms with Gasteiger partial charge in [-0.05, 0) is 13.3 Å². The maximum atomic E-state index is 11.6. The molecule has 0 aromatic carbocycles. The summed E-state index contributed by atoms with van der Waals surface area (Å²) in [6.07, 6.45) is 6.16. The Labute approximate surface area is 150 Å². The Hall–Kier alpha value is -2.38. The summed E-state index contributed by atoms with van der Waals surface area (Å²) >= 11 is 6.31. The molecule has 0 fully saturated rings. The number of allylic oxidation sites excluding steroid dienone is 4. The van der Waals surface area contributed by atoms with Gasteiger partial charge in [0.05, 0.1) is 28.9 Å². The second kappa shape index (κ2) is 6.85. The number of hydrogen-bond acceptors (Lipinski definition) is 5. The molecule has 2 aliphatic rings. The first kappa shape index (κ1) is 17.4. The molecule has 0 amide bonds. The third-order valence-corrected chi connectivity index (χ3v) is 4.60. The van der Waals surface area contributed by atoms with Gasteiger partial charge in [0.1, 0.15) is 6.61 Å². The van der Waals surface area contributed by atoms with Crippen molar-refractivity contribution < 1.29 is 14.6 Å². The van der Waals surface area contributed by atoms with Crippen LogP contribution < -0.4 is 0 Å². The molecule has 1 aromatic rings. The molecule has 0 spiro atoms. The molecular weight excluding hydrogens is 344 g/mol. The van der Waals surface area contributed by atoms with Gasteiger partial charge in [-0.25, -0.2) is 4.79 Å². The normalized spacial score (nSPS) is 21.6. The lowest BCUT2D eigenvalue weighted by molar-refractivity contribution is -0.132. The minimum absolute atomic E-state index is 0.160. The summed E-state index contributed by atoms with van der Waals surface area (Å²) in [6.45, 7) is 6.02. The number of aromatic nitrogens is 3. The van der Waals surface area contributed by atoms with Crippen LogP contribution in [0, 0.1) is 0 Å². The molecule has 0 saturated heterocycles. The first-order chi connectivity index (χ1) is 12.0. The topological polar surface area (TPSA) is 80.5 Å². The van der Waals surface area contributed by atoms with Gasteiger partial charge in [0.2, 0.25) is 0 Å². The average Bonchev–Trinajstić information content (AvgIpc) is 2.91. The van der Waals surface area contributed by atoms with E-state index in [-0.39, 0.29) is 17.6 Å². The quantitative estimate of drug-likeness (QED) is 0.654. The fourth-order valence-corrected chi connectivity index (χ4v) is 3.24. The molecule has 1 N–H and O–H groups in total. The molecule has 1 aliphatic heterocycles. The van der Waals surface area contributed by atoms with E-state index in [0.717, 1.165) is 11.3 Å². The van der Waals surface area contributed by atoms with Gasteiger partial charge < -0.3 is 19.3 Å². The van der Waals surface area contributed by atoms with Crippen LogP contribution in [0.3, 0.4) is 0 Å². The zero-order chi connectivity index (χ0) is 18.1. The molecule has 8 heteroatoms.